The third-order valence-electron chi connectivity index (χ3n) is 2.12. The largest absolute Gasteiger partial charge is 0.368 e. The van der Waals surface area contributed by atoms with Crippen molar-refractivity contribution < 1.29 is 0 Å². The number of halogens is 1. The number of hydrogen-bond acceptors (Lipinski definition) is 5. The number of aryl methyl sites for hydroxylation is 1. The summed E-state index contributed by atoms with van der Waals surface area (Å²) in [6, 6.07) is 5.66. The molecular weight excluding hydrogens is 256 g/mol. The minimum Gasteiger partial charge on any atom is -0.368 e. The highest BCUT2D eigenvalue weighted by atomic mass is 35.5. The van der Waals surface area contributed by atoms with Crippen molar-refractivity contribution in [2.75, 3.05) is 12.0 Å². The number of nitrogens with two attached hydrogens (primary N) is 1. The lowest BCUT2D eigenvalue weighted by Gasteiger charge is -2.05. The molecule has 0 aliphatic rings. The van der Waals surface area contributed by atoms with Crippen LogP contribution in [0.4, 0.5) is 5.95 Å². The van der Waals surface area contributed by atoms with Crippen molar-refractivity contribution in [1.29, 1.82) is 0 Å². The molecule has 0 aliphatic carbocycles. The fraction of sp³-hybridized carbons (Fsp3) is 0.182. The molecule has 0 aliphatic heterocycles. The number of anilines is 1. The SMILES string of the molecule is CSc1nc(N)nc(-c2cc(C)cc(Cl)c2)n1. The standard InChI is InChI=1S/C11H11ClN4S/c1-6-3-7(5-8(12)4-6)9-14-10(13)16-11(15-9)17-2/h3-5H,1-2H3,(H2,13,14,15,16). The fourth-order valence-corrected chi connectivity index (χ4v) is 2.11. The molecule has 17 heavy (non-hydrogen) atoms. The van der Waals surface area contributed by atoms with E-state index >= 15 is 0 Å². The zero-order chi connectivity index (χ0) is 12.4. The summed E-state index contributed by atoms with van der Waals surface area (Å²) in [5.41, 5.74) is 7.54. The number of nitrogens with zero attached hydrogens (tertiary/aromatic N) is 3. The van der Waals surface area contributed by atoms with E-state index in [2.05, 4.69) is 15.0 Å². The molecule has 0 saturated carbocycles. The van der Waals surface area contributed by atoms with Crippen LogP contribution >= 0.6 is 23.4 Å². The first-order chi connectivity index (χ1) is 8.08. The van der Waals surface area contributed by atoms with Crippen molar-refractivity contribution in [1.82, 2.24) is 15.0 Å². The van der Waals surface area contributed by atoms with E-state index in [9.17, 15) is 0 Å². The predicted octanol–water partition coefficient (Wildman–Crippen LogP) is 2.80. The van der Waals surface area contributed by atoms with Gasteiger partial charge in [0.15, 0.2) is 11.0 Å². The predicted molar refractivity (Wildman–Crippen MR) is 71.2 cm³/mol. The average molecular weight is 267 g/mol. The van der Waals surface area contributed by atoms with Gasteiger partial charge in [-0.15, -0.1) is 0 Å². The lowest BCUT2D eigenvalue weighted by Crippen LogP contribution is -2.01. The Morgan fingerprint density at radius 2 is 1.94 bits per heavy atom. The fourth-order valence-electron chi connectivity index (χ4n) is 1.46. The van der Waals surface area contributed by atoms with Crippen LogP contribution in [-0.4, -0.2) is 21.2 Å². The van der Waals surface area contributed by atoms with E-state index in [4.69, 9.17) is 17.3 Å². The van der Waals surface area contributed by atoms with Crippen molar-refractivity contribution in [2.24, 2.45) is 0 Å². The Bertz CT molecular complexity index is 539. The summed E-state index contributed by atoms with van der Waals surface area (Å²) in [5, 5.41) is 1.26. The van der Waals surface area contributed by atoms with Crippen molar-refractivity contribution in [2.45, 2.75) is 12.1 Å². The minimum absolute atomic E-state index is 0.219. The smallest absolute Gasteiger partial charge is 0.224 e. The van der Waals surface area contributed by atoms with E-state index < -0.39 is 0 Å². The van der Waals surface area contributed by atoms with Crippen LogP contribution in [0, 0.1) is 6.92 Å². The van der Waals surface area contributed by atoms with Gasteiger partial charge in [-0.05, 0) is 36.9 Å². The van der Waals surface area contributed by atoms with Crippen LogP contribution < -0.4 is 5.73 Å². The second-order valence-corrected chi connectivity index (χ2v) is 4.73. The molecule has 2 rings (SSSR count). The first kappa shape index (κ1) is 12.1. The van der Waals surface area contributed by atoms with Gasteiger partial charge in [-0.3, -0.25) is 0 Å². The Morgan fingerprint density at radius 1 is 1.18 bits per heavy atom. The van der Waals surface area contributed by atoms with E-state index in [1.165, 1.54) is 11.8 Å². The topological polar surface area (TPSA) is 64.7 Å². The summed E-state index contributed by atoms with van der Waals surface area (Å²) < 4.78 is 0. The molecule has 0 spiro atoms. The maximum atomic E-state index is 6.01. The summed E-state index contributed by atoms with van der Waals surface area (Å²) in [6.45, 7) is 1.97. The Labute approximate surface area is 109 Å². The van der Waals surface area contributed by atoms with E-state index in [1.54, 1.807) is 0 Å². The van der Waals surface area contributed by atoms with Gasteiger partial charge in [0.25, 0.3) is 0 Å². The van der Waals surface area contributed by atoms with Crippen LogP contribution in [0.25, 0.3) is 11.4 Å². The molecule has 2 N–H and O–H groups in total. The van der Waals surface area contributed by atoms with Crippen molar-refractivity contribution >= 4 is 29.3 Å². The number of thioether (sulfide) groups is 1. The van der Waals surface area contributed by atoms with E-state index in [0.29, 0.717) is 16.0 Å². The first-order valence-electron chi connectivity index (χ1n) is 4.91. The third-order valence-corrected chi connectivity index (χ3v) is 2.88. The summed E-state index contributed by atoms with van der Waals surface area (Å²) in [7, 11) is 0. The Morgan fingerprint density at radius 3 is 2.59 bits per heavy atom. The molecule has 1 heterocycles. The Kier molecular flexibility index (Phi) is 3.49. The van der Waals surface area contributed by atoms with Gasteiger partial charge < -0.3 is 5.73 Å². The van der Waals surface area contributed by atoms with Crippen LogP contribution in [0.1, 0.15) is 5.56 Å². The second-order valence-electron chi connectivity index (χ2n) is 3.52. The maximum absolute atomic E-state index is 6.01. The van der Waals surface area contributed by atoms with Crippen LogP contribution in [0.15, 0.2) is 23.4 Å². The van der Waals surface area contributed by atoms with E-state index in [0.717, 1.165) is 11.1 Å². The van der Waals surface area contributed by atoms with Gasteiger partial charge in [-0.2, -0.15) is 9.97 Å². The summed E-state index contributed by atoms with van der Waals surface area (Å²) in [6.07, 6.45) is 1.89. The molecule has 0 bridgehead atoms. The molecule has 4 nitrogen and oxygen atoms in total. The quantitative estimate of drug-likeness (QED) is 0.847. The minimum atomic E-state index is 0.219. The van der Waals surface area contributed by atoms with E-state index in [1.807, 2.05) is 31.4 Å². The molecule has 6 heteroatoms. The molecule has 0 saturated heterocycles. The normalized spacial score (nSPS) is 10.5. The molecular formula is C11H11ClN4S. The van der Waals surface area contributed by atoms with Gasteiger partial charge >= 0.3 is 0 Å². The highest BCUT2D eigenvalue weighted by molar-refractivity contribution is 7.98. The molecule has 0 fully saturated rings. The Balaban J connectivity index is 2.55. The molecule has 2 aromatic rings. The van der Waals surface area contributed by atoms with Gasteiger partial charge in [0.2, 0.25) is 5.95 Å². The summed E-state index contributed by atoms with van der Waals surface area (Å²) >= 11 is 7.43. The van der Waals surface area contributed by atoms with Crippen LogP contribution in [0.2, 0.25) is 5.02 Å². The highest BCUT2D eigenvalue weighted by Crippen LogP contribution is 2.23. The molecule has 0 atom stereocenters. The van der Waals surface area contributed by atoms with Crippen molar-refractivity contribution in [3.63, 3.8) is 0 Å². The van der Waals surface area contributed by atoms with Gasteiger partial charge in [-0.25, -0.2) is 4.98 Å². The van der Waals surface area contributed by atoms with Gasteiger partial charge in [0, 0.05) is 10.6 Å². The molecule has 88 valence electrons. The van der Waals surface area contributed by atoms with Gasteiger partial charge in [0.05, 0.1) is 0 Å². The summed E-state index contributed by atoms with van der Waals surface area (Å²) in [5.74, 6) is 0.768. The van der Waals surface area contributed by atoms with Crippen LogP contribution in [0.3, 0.4) is 0 Å². The van der Waals surface area contributed by atoms with Crippen molar-refractivity contribution in [3.8, 4) is 11.4 Å². The third kappa shape index (κ3) is 2.87. The van der Waals surface area contributed by atoms with E-state index in [-0.39, 0.29) is 5.95 Å². The molecule has 0 amide bonds. The number of benzene rings is 1. The lowest BCUT2D eigenvalue weighted by molar-refractivity contribution is 0.927. The van der Waals surface area contributed by atoms with Gasteiger partial charge in [0.1, 0.15) is 0 Å². The first-order valence-corrected chi connectivity index (χ1v) is 6.52. The zero-order valence-corrected chi connectivity index (χ0v) is 11.0. The average Bonchev–Trinajstić information content (AvgIpc) is 2.26. The maximum Gasteiger partial charge on any atom is 0.224 e. The monoisotopic (exact) mass is 266 g/mol. The molecule has 0 unspecified atom stereocenters. The number of aromatic nitrogens is 3. The van der Waals surface area contributed by atoms with Gasteiger partial charge in [-0.1, -0.05) is 23.4 Å². The second kappa shape index (κ2) is 4.89. The molecule has 0 radical (unpaired) electrons. The number of rotatable bonds is 2. The zero-order valence-electron chi connectivity index (χ0n) is 9.44. The lowest BCUT2D eigenvalue weighted by atomic mass is 10.1. The highest BCUT2D eigenvalue weighted by Gasteiger charge is 2.07. The van der Waals surface area contributed by atoms with Crippen LogP contribution in [-0.2, 0) is 0 Å². The summed E-state index contributed by atoms with van der Waals surface area (Å²) in [4.78, 5) is 12.4. The number of hydrogen-bond donors (Lipinski definition) is 1. The van der Waals surface area contributed by atoms with Crippen LogP contribution in [0.5, 0.6) is 0 Å². The Hall–Kier alpha value is -1.33. The number of nitrogen functional groups attached to an aromatic ring is 1. The van der Waals surface area contributed by atoms with Crippen molar-refractivity contribution in [3.05, 3.63) is 28.8 Å². The molecule has 1 aromatic carbocycles. The molecule has 1 aromatic heterocycles.